The second kappa shape index (κ2) is 3.38. The van der Waals surface area contributed by atoms with Crippen molar-refractivity contribution in [2.45, 2.75) is 12.8 Å². The highest BCUT2D eigenvalue weighted by molar-refractivity contribution is 7.15. The number of hydrogen-bond acceptors (Lipinski definition) is 3. The summed E-state index contributed by atoms with van der Waals surface area (Å²) in [7, 11) is 0. The first-order valence-corrected chi connectivity index (χ1v) is 5.13. The first-order chi connectivity index (χ1) is 6.68. The quantitative estimate of drug-likeness (QED) is 0.588. The molecule has 14 heavy (non-hydrogen) atoms. The zero-order valence-corrected chi connectivity index (χ0v) is 8.26. The van der Waals surface area contributed by atoms with E-state index < -0.39 is 11.7 Å². The van der Waals surface area contributed by atoms with Crippen LogP contribution in [-0.4, -0.2) is 11.7 Å². The highest BCUT2D eigenvalue weighted by atomic mass is 32.1. The van der Waals surface area contributed by atoms with Crippen LogP contribution in [0.1, 0.15) is 26.5 Å². The van der Waals surface area contributed by atoms with Gasteiger partial charge in [0.2, 0.25) is 0 Å². The van der Waals surface area contributed by atoms with Crippen molar-refractivity contribution in [3.05, 3.63) is 27.5 Å². The van der Waals surface area contributed by atoms with Gasteiger partial charge in [-0.3, -0.25) is 9.59 Å². The number of ketones is 1. The molecule has 2 N–H and O–H groups in total. The van der Waals surface area contributed by atoms with E-state index in [0.29, 0.717) is 4.88 Å². The van der Waals surface area contributed by atoms with Gasteiger partial charge in [-0.1, -0.05) is 12.2 Å². The normalized spacial score (nSPS) is 13.7. The Morgan fingerprint density at radius 3 is 2.86 bits per heavy atom. The predicted molar refractivity (Wildman–Crippen MR) is 55.2 cm³/mol. The van der Waals surface area contributed by atoms with Gasteiger partial charge in [0.1, 0.15) is 0 Å². The monoisotopic (exact) mass is 207 g/mol. The number of rotatable bonds is 2. The molecule has 0 saturated heterocycles. The summed E-state index contributed by atoms with van der Waals surface area (Å²) in [6.45, 7) is 0. The van der Waals surface area contributed by atoms with Gasteiger partial charge in [-0.05, 0) is 24.5 Å². The van der Waals surface area contributed by atoms with Crippen LogP contribution >= 0.6 is 11.3 Å². The molecule has 0 radical (unpaired) electrons. The van der Waals surface area contributed by atoms with Gasteiger partial charge in [0.25, 0.3) is 11.7 Å². The molecule has 72 valence electrons. The van der Waals surface area contributed by atoms with E-state index in [0.717, 1.165) is 23.3 Å². The summed E-state index contributed by atoms with van der Waals surface area (Å²) in [5.41, 5.74) is 5.97. The average Bonchev–Trinajstić information content (AvgIpc) is 2.59. The molecule has 1 aliphatic rings. The van der Waals surface area contributed by atoms with Gasteiger partial charge < -0.3 is 5.73 Å². The lowest BCUT2D eigenvalue weighted by Gasteiger charge is -2.01. The molecular formula is C10H9NO2S. The van der Waals surface area contributed by atoms with Gasteiger partial charge >= 0.3 is 0 Å². The number of carbonyl (C=O) groups is 2. The molecule has 3 nitrogen and oxygen atoms in total. The molecule has 0 atom stereocenters. The van der Waals surface area contributed by atoms with Gasteiger partial charge in [-0.2, -0.15) is 0 Å². The number of aryl methyl sites for hydroxylation is 1. The second-order valence-corrected chi connectivity index (χ2v) is 4.26. The lowest BCUT2D eigenvalue weighted by Crippen LogP contribution is -2.22. The Kier molecular flexibility index (Phi) is 2.21. The highest BCUT2D eigenvalue weighted by Crippen LogP contribution is 2.28. The molecule has 1 aromatic rings. The summed E-state index contributed by atoms with van der Waals surface area (Å²) in [6.07, 6.45) is 5.99. The molecule has 0 aliphatic heterocycles. The van der Waals surface area contributed by atoms with E-state index in [2.05, 4.69) is 6.08 Å². The Morgan fingerprint density at radius 1 is 1.43 bits per heavy atom. The van der Waals surface area contributed by atoms with Crippen LogP contribution in [0.4, 0.5) is 0 Å². The average molecular weight is 207 g/mol. The number of thiophene rings is 1. The maximum Gasteiger partial charge on any atom is 0.290 e. The molecule has 1 aliphatic carbocycles. The maximum atomic E-state index is 11.3. The predicted octanol–water partition coefficient (Wildman–Crippen LogP) is 1.38. The number of primary amides is 1. The topological polar surface area (TPSA) is 60.2 Å². The van der Waals surface area contributed by atoms with Crippen molar-refractivity contribution < 1.29 is 9.59 Å². The van der Waals surface area contributed by atoms with E-state index in [4.69, 9.17) is 5.73 Å². The molecule has 0 saturated carbocycles. The molecule has 1 amide bonds. The van der Waals surface area contributed by atoms with Crippen LogP contribution in [0.2, 0.25) is 0 Å². The largest absolute Gasteiger partial charge is 0.363 e. The van der Waals surface area contributed by atoms with Gasteiger partial charge in [-0.25, -0.2) is 0 Å². The molecule has 4 heteroatoms. The molecule has 1 aromatic heterocycles. The molecule has 0 unspecified atom stereocenters. The summed E-state index contributed by atoms with van der Waals surface area (Å²) in [4.78, 5) is 23.6. The number of allylic oxidation sites excluding steroid dienone is 1. The Hall–Kier alpha value is -1.42. The minimum absolute atomic E-state index is 0.453. The van der Waals surface area contributed by atoms with E-state index >= 15 is 0 Å². The summed E-state index contributed by atoms with van der Waals surface area (Å²) in [6, 6.07) is 1.74. The van der Waals surface area contributed by atoms with Crippen LogP contribution in [-0.2, 0) is 11.2 Å². The Labute approximate surface area is 85.2 Å². The van der Waals surface area contributed by atoms with Crippen LogP contribution < -0.4 is 5.73 Å². The van der Waals surface area contributed by atoms with Crippen molar-refractivity contribution in [1.82, 2.24) is 0 Å². The first kappa shape index (κ1) is 9.15. The molecule has 0 aromatic carbocycles. The fraction of sp³-hybridized carbons (Fsp3) is 0.200. The number of Topliss-reactive ketones (excluding diaryl/α,β-unsaturated/α-hetero) is 1. The maximum absolute atomic E-state index is 11.3. The standard InChI is InChI=1S/C10H9NO2S/c11-10(13)9(12)8-5-6-3-1-2-4-7(6)14-8/h1,3,5H,2,4H2,(H2,11,13). The number of hydrogen-bond donors (Lipinski definition) is 1. The van der Waals surface area contributed by atoms with Crippen molar-refractivity contribution in [3.8, 4) is 0 Å². The van der Waals surface area contributed by atoms with Gasteiger partial charge in [0, 0.05) is 4.88 Å². The first-order valence-electron chi connectivity index (χ1n) is 4.32. The third-order valence-corrected chi connectivity index (χ3v) is 3.33. The summed E-state index contributed by atoms with van der Waals surface area (Å²) >= 11 is 1.37. The van der Waals surface area contributed by atoms with Crippen molar-refractivity contribution in [1.29, 1.82) is 0 Å². The summed E-state index contributed by atoms with van der Waals surface area (Å²) < 4.78 is 0. The highest BCUT2D eigenvalue weighted by Gasteiger charge is 2.18. The molecule has 0 bridgehead atoms. The van der Waals surface area contributed by atoms with Crippen molar-refractivity contribution in [3.63, 3.8) is 0 Å². The number of nitrogens with two attached hydrogens (primary N) is 1. The lowest BCUT2D eigenvalue weighted by atomic mass is 10.1. The van der Waals surface area contributed by atoms with E-state index in [1.54, 1.807) is 6.07 Å². The molecule has 1 heterocycles. The van der Waals surface area contributed by atoms with E-state index in [-0.39, 0.29) is 0 Å². The van der Waals surface area contributed by atoms with E-state index in [9.17, 15) is 9.59 Å². The smallest absolute Gasteiger partial charge is 0.290 e. The lowest BCUT2D eigenvalue weighted by molar-refractivity contribution is -0.114. The van der Waals surface area contributed by atoms with E-state index in [1.165, 1.54) is 11.3 Å². The molecule has 2 rings (SSSR count). The van der Waals surface area contributed by atoms with Crippen LogP contribution in [0.3, 0.4) is 0 Å². The number of amides is 1. The third-order valence-electron chi connectivity index (χ3n) is 2.12. The van der Waals surface area contributed by atoms with Gasteiger partial charge in [-0.15, -0.1) is 11.3 Å². The van der Waals surface area contributed by atoms with Crippen molar-refractivity contribution in [2.24, 2.45) is 5.73 Å². The van der Waals surface area contributed by atoms with Crippen LogP contribution in [0.15, 0.2) is 12.1 Å². The van der Waals surface area contributed by atoms with Crippen molar-refractivity contribution >= 4 is 29.1 Å². The Bertz CT molecular complexity index is 431. The zero-order valence-electron chi connectivity index (χ0n) is 7.45. The SMILES string of the molecule is NC(=O)C(=O)c1cc2c(s1)CCC=C2. The van der Waals surface area contributed by atoms with Gasteiger partial charge in [0.05, 0.1) is 4.88 Å². The van der Waals surface area contributed by atoms with E-state index in [1.807, 2.05) is 6.08 Å². The summed E-state index contributed by atoms with van der Waals surface area (Å²) in [5.74, 6) is -1.47. The number of fused-ring (bicyclic) bond motifs is 1. The van der Waals surface area contributed by atoms with Crippen LogP contribution in [0, 0.1) is 0 Å². The Balaban J connectivity index is 2.38. The number of carbonyl (C=O) groups excluding carboxylic acids is 2. The minimum Gasteiger partial charge on any atom is -0.363 e. The zero-order chi connectivity index (χ0) is 10.1. The second-order valence-electron chi connectivity index (χ2n) is 3.12. The molecule has 0 fully saturated rings. The minimum atomic E-state index is -0.882. The molecular weight excluding hydrogens is 198 g/mol. The fourth-order valence-corrected chi connectivity index (χ4v) is 2.55. The fourth-order valence-electron chi connectivity index (χ4n) is 1.44. The third kappa shape index (κ3) is 1.48. The van der Waals surface area contributed by atoms with Crippen LogP contribution in [0.25, 0.3) is 6.08 Å². The molecule has 0 spiro atoms. The van der Waals surface area contributed by atoms with Crippen LogP contribution in [0.5, 0.6) is 0 Å². The van der Waals surface area contributed by atoms with Crippen molar-refractivity contribution in [2.75, 3.05) is 0 Å². The Morgan fingerprint density at radius 2 is 2.21 bits per heavy atom. The van der Waals surface area contributed by atoms with Gasteiger partial charge in [0.15, 0.2) is 0 Å². The summed E-state index contributed by atoms with van der Waals surface area (Å²) in [5, 5.41) is 0.